The van der Waals surface area contributed by atoms with E-state index in [1.807, 2.05) is 6.07 Å². The number of nitrogens with zero attached hydrogens (tertiary/aromatic N) is 2. The summed E-state index contributed by atoms with van der Waals surface area (Å²) in [6.45, 7) is 0. The number of aromatic nitrogens is 2. The van der Waals surface area contributed by atoms with Crippen LogP contribution in [-0.2, 0) is 0 Å². The van der Waals surface area contributed by atoms with Crippen LogP contribution in [0, 0.1) is 6.58 Å². The Morgan fingerprint density at radius 1 is 1.15 bits per heavy atom. The van der Waals surface area contributed by atoms with Crippen LogP contribution in [0.25, 0.3) is 10.6 Å². The van der Waals surface area contributed by atoms with Crippen LogP contribution in [-0.4, -0.2) is 10.2 Å². The molecule has 0 saturated carbocycles. The minimum atomic E-state index is 0.978. The molecule has 0 saturated heterocycles. The zero-order valence-electron chi connectivity index (χ0n) is 6.37. The fraction of sp³-hybridized carbons (Fsp3) is 0. The van der Waals surface area contributed by atoms with Crippen molar-refractivity contribution in [1.82, 2.24) is 10.2 Å². The van der Waals surface area contributed by atoms with Crippen LogP contribution >= 0.6 is 56.5 Å². The van der Waals surface area contributed by atoms with Crippen LogP contribution in [0.5, 0.6) is 0 Å². The van der Waals surface area contributed by atoms with Crippen LogP contribution in [0.3, 0.4) is 0 Å². The third-order valence-electron chi connectivity index (χ3n) is 1.47. The quantitative estimate of drug-likeness (QED) is 0.669. The number of hydrogen-bond donors (Lipinski definition) is 0. The van der Waals surface area contributed by atoms with Crippen molar-refractivity contribution in [3.05, 3.63) is 30.9 Å². The van der Waals surface area contributed by atoms with Gasteiger partial charge in [-0.15, -0.1) is 10.2 Å². The van der Waals surface area contributed by atoms with Crippen molar-refractivity contribution in [2.45, 2.75) is 0 Å². The summed E-state index contributed by atoms with van der Waals surface area (Å²) in [6.07, 6.45) is 0. The highest BCUT2D eigenvalue weighted by molar-refractivity contribution is 14.1. The van der Waals surface area contributed by atoms with Crippen molar-refractivity contribution in [3.8, 4) is 10.6 Å². The molecule has 0 spiro atoms. The van der Waals surface area contributed by atoms with Crippen LogP contribution in [0.1, 0.15) is 0 Å². The van der Waals surface area contributed by atoms with Gasteiger partial charge in [0.25, 0.3) is 0 Å². The Bertz CT molecular complexity index is 428. The van der Waals surface area contributed by atoms with E-state index in [-0.39, 0.29) is 0 Å². The lowest BCUT2D eigenvalue weighted by molar-refractivity contribution is 1.07. The molecule has 0 aliphatic heterocycles. The van der Waals surface area contributed by atoms with Crippen molar-refractivity contribution in [1.29, 1.82) is 0 Å². The average molecular weight is 414 g/mol. The summed E-state index contributed by atoms with van der Waals surface area (Å²) in [6, 6.07) is 8.26. The van der Waals surface area contributed by atoms with Gasteiger partial charge in [-0.05, 0) is 57.3 Å². The Hall–Kier alpha value is 0.240. The van der Waals surface area contributed by atoms with Crippen molar-refractivity contribution < 1.29 is 0 Å². The Balaban J connectivity index is 2.46. The summed E-state index contributed by atoms with van der Waals surface area (Å²) < 4.78 is 2.20. The molecular formula is C8H4I2N2S. The molecule has 66 valence electrons. The van der Waals surface area contributed by atoms with Gasteiger partial charge in [-0.2, -0.15) is 0 Å². The smallest absolute Gasteiger partial charge is 0.137 e. The minimum absolute atomic E-state index is 0.978. The average Bonchev–Trinajstić information content (AvgIpc) is 2.52. The second-order valence-corrected chi connectivity index (χ2v) is 6.35. The van der Waals surface area contributed by atoms with Gasteiger partial charge < -0.3 is 0 Å². The molecule has 0 N–H and O–H groups in total. The molecule has 2 aromatic rings. The normalized spacial score (nSPS) is 10.3. The summed E-state index contributed by atoms with van der Waals surface area (Å²) in [7, 11) is 0. The molecule has 0 unspecified atom stereocenters. The maximum absolute atomic E-state index is 4.08. The molecule has 2 rings (SSSR count). The van der Waals surface area contributed by atoms with Gasteiger partial charge in [0.15, 0.2) is 3.01 Å². The number of rotatable bonds is 1. The standard InChI is InChI=1S/C8H4I2N2S/c9-6-3-1-2-5(4-6)7-11-12-8(10)13-7/h1-4H. The molecule has 1 aromatic carbocycles. The SMILES string of the molecule is Ic1cccc(-c2nnc(I)s2)c1. The topological polar surface area (TPSA) is 25.8 Å². The number of benzene rings is 1. The molecule has 5 heteroatoms. The molecule has 0 aliphatic carbocycles. The van der Waals surface area contributed by atoms with Gasteiger partial charge in [-0.1, -0.05) is 23.5 Å². The first kappa shape index (κ1) is 9.78. The Morgan fingerprint density at radius 2 is 2.00 bits per heavy atom. The van der Waals surface area contributed by atoms with E-state index >= 15 is 0 Å². The summed E-state index contributed by atoms with van der Waals surface area (Å²) in [4.78, 5) is 0. The van der Waals surface area contributed by atoms with Gasteiger partial charge in [0.1, 0.15) is 5.01 Å². The van der Waals surface area contributed by atoms with Crippen LogP contribution < -0.4 is 0 Å². The molecule has 1 aromatic heterocycles. The Morgan fingerprint density at radius 3 is 2.62 bits per heavy atom. The van der Waals surface area contributed by atoms with Crippen molar-refractivity contribution in [2.75, 3.05) is 0 Å². The molecule has 0 radical (unpaired) electrons. The third kappa shape index (κ3) is 2.38. The van der Waals surface area contributed by atoms with E-state index in [1.54, 1.807) is 11.3 Å². The van der Waals surface area contributed by atoms with Crippen molar-refractivity contribution in [2.24, 2.45) is 0 Å². The highest BCUT2D eigenvalue weighted by Crippen LogP contribution is 2.25. The lowest BCUT2D eigenvalue weighted by Gasteiger charge is -1.94. The fourth-order valence-corrected chi connectivity index (χ4v) is 2.79. The molecule has 0 fully saturated rings. The summed E-state index contributed by atoms with van der Waals surface area (Å²) >= 11 is 6.08. The molecule has 0 bridgehead atoms. The van der Waals surface area contributed by atoms with E-state index in [9.17, 15) is 0 Å². The van der Waals surface area contributed by atoms with E-state index in [0.717, 1.165) is 13.6 Å². The first-order chi connectivity index (χ1) is 6.25. The summed E-state index contributed by atoms with van der Waals surface area (Å²) in [5, 5.41) is 9.05. The molecule has 0 aliphatic rings. The predicted octanol–water partition coefficient (Wildman–Crippen LogP) is 3.41. The Kier molecular flexibility index (Phi) is 3.14. The predicted molar refractivity (Wildman–Crippen MR) is 70.8 cm³/mol. The minimum Gasteiger partial charge on any atom is -0.137 e. The van der Waals surface area contributed by atoms with Crippen LogP contribution in [0.4, 0.5) is 0 Å². The fourth-order valence-electron chi connectivity index (χ4n) is 0.943. The highest BCUT2D eigenvalue weighted by Gasteiger charge is 2.03. The second kappa shape index (κ2) is 4.18. The summed E-state index contributed by atoms with van der Waals surface area (Å²) in [5.74, 6) is 0. The van der Waals surface area contributed by atoms with E-state index < -0.39 is 0 Å². The maximum atomic E-state index is 4.08. The summed E-state index contributed by atoms with van der Waals surface area (Å²) in [5.41, 5.74) is 1.15. The maximum Gasteiger partial charge on any atom is 0.178 e. The number of halogens is 2. The number of hydrogen-bond acceptors (Lipinski definition) is 3. The van der Waals surface area contributed by atoms with E-state index in [0.29, 0.717) is 0 Å². The molecule has 2 nitrogen and oxygen atoms in total. The third-order valence-corrected chi connectivity index (χ3v) is 3.78. The molecule has 0 amide bonds. The molecule has 13 heavy (non-hydrogen) atoms. The van der Waals surface area contributed by atoms with Gasteiger partial charge in [0.05, 0.1) is 0 Å². The van der Waals surface area contributed by atoms with Gasteiger partial charge in [0.2, 0.25) is 0 Å². The van der Waals surface area contributed by atoms with Gasteiger partial charge >= 0.3 is 0 Å². The Labute approximate surface area is 107 Å². The van der Waals surface area contributed by atoms with Gasteiger partial charge in [-0.3, -0.25) is 0 Å². The monoisotopic (exact) mass is 414 g/mol. The second-order valence-electron chi connectivity index (χ2n) is 2.37. The molecule has 1 heterocycles. The van der Waals surface area contributed by atoms with Crippen molar-refractivity contribution >= 4 is 56.5 Å². The zero-order valence-corrected chi connectivity index (χ0v) is 11.5. The molecule has 0 atom stereocenters. The van der Waals surface area contributed by atoms with Gasteiger partial charge in [-0.25, -0.2) is 0 Å². The zero-order chi connectivity index (χ0) is 9.26. The highest BCUT2D eigenvalue weighted by atomic mass is 127. The van der Waals surface area contributed by atoms with E-state index in [4.69, 9.17) is 0 Å². The lowest BCUT2D eigenvalue weighted by atomic mass is 10.2. The first-order valence-corrected chi connectivity index (χ1v) is 6.48. The van der Waals surface area contributed by atoms with Gasteiger partial charge in [0, 0.05) is 9.13 Å². The lowest BCUT2D eigenvalue weighted by Crippen LogP contribution is -1.77. The first-order valence-electron chi connectivity index (χ1n) is 3.50. The van der Waals surface area contributed by atoms with E-state index in [1.165, 1.54) is 3.57 Å². The molecular weight excluding hydrogens is 410 g/mol. The van der Waals surface area contributed by atoms with Crippen LogP contribution in [0.15, 0.2) is 24.3 Å². The largest absolute Gasteiger partial charge is 0.178 e. The van der Waals surface area contributed by atoms with Crippen LogP contribution in [0.2, 0.25) is 0 Å². The van der Waals surface area contributed by atoms with E-state index in [2.05, 4.69) is 73.6 Å². The van der Waals surface area contributed by atoms with Crippen molar-refractivity contribution in [3.63, 3.8) is 0 Å².